The van der Waals surface area contributed by atoms with E-state index in [0.29, 0.717) is 6.29 Å². The number of amides is 4. The van der Waals surface area contributed by atoms with Gasteiger partial charge in [-0.05, 0) is 12.8 Å². The maximum absolute atomic E-state index is 12.2. The number of carbonyl (C=O) groups excluding carboxylic acids is 5. The highest BCUT2D eigenvalue weighted by molar-refractivity contribution is 5.93. The first kappa shape index (κ1) is 23.0. The quantitative estimate of drug-likeness (QED) is 0.177. The third kappa shape index (κ3) is 9.97. The lowest BCUT2D eigenvalue weighted by Crippen LogP contribution is -2.54. The van der Waals surface area contributed by atoms with Gasteiger partial charge in [-0.3, -0.25) is 24.0 Å². The van der Waals surface area contributed by atoms with E-state index >= 15 is 0 Å². The minimum absolute atomic E-state index is 0.0502. The molecule has 0 saturated carbocycles. The summed E-state index contributed by atoms with van der Waals surface area (Å²) in [6.45, 7) is 0. The number of hydrogen-bond donors (Lipinski definition) is 6. The van der Waals surface area contributed by atoms with Gasteiger partial charge in [0.2, 0.25) is 23.6 Å². The number of aliphatic carboxylic acids is 1. The van der Waals surface area contributed by atoms with Crippen molar-refractivity contribution in [3.8, 4) is 0 Å². The molecule has 0 aromatic rings. The second-order valence-electron chi connectivity index (χ2n) is 5.53. The Morgan fingerprint density at radius 3 is 2.00 bits per heavy atom. The van der Waals surface area contributed by atoms with Crippen LogP contribution in [0.1, 0.15) is 32.1 Å². The molecule has 12 heteroatoms. The van der Waals surface area contributed by atoms with E-state index in [2.05, 4.69) is 10.6 Å². The topological polar surface area (TPSA) is 225 Å². The smallest absolute Gasteiger partial charge is 0.303 e. The van der Waals surface area contributed by atoms with Crippen molar-refractivity contribution >= 4 is 35.9 Å². The summed E-state index contributed by atoms with van der Waals surface area (Å²) in [4.78, 5) is 67.3. The predicted molar refractivity (Wildman–Crippen MR) is 87.0 cm³/mol. The Morgan fingerprint density at radius 2 is 1.54 bits per heavy atom. The molecule has 12 nitrogen and oxygen atoms in total. The van der Waals surface area contributed by atoms with Crippen LogP contribution >= 0.6 is 0 Å². The van der Waals surface area contributed by atoms with Crippen LogP contribution in [0.4, 0.5) is 0 Å². The van der Waals surface area contributed by atoms with Crippen molar-refractivity contribution in [1.29, 1.82) is 0 Å². The van der Waals surface area contributed by atoms with Gasteiger partial charge in [-0.15, -0.1) is 0 Å². The van der Waals surface area contributed by atoms with Gasteiger partial charge in [0, 0.05) is 12.8 Å². The molecular formula is C14H23N5O7. The average molecular weight is 373 g/mol. The van der Waals surface area contributed by atoms with Crippen molar-refractivity contribution in [2.45, 2.75) is 50.2 Å². The van der Waals surface area contributed by atoms with Gasteiger partial charge in [-0.25, -0.2) is 0 Å². The maximum Gasteiger partial charge on any atom is 0.303 e. The number of nitrogens with two attached hydrogens (primary N) is 3. The molecule has 3 atom stereocenters. The number of carboxylic acids is 1. The van der Waals surface area contributed by atoms with Crippen molar-refractivity contribution in [2.75, 3.05) is 0 Å². The molecule has 146 valence electrons. The fraction of sp³-hybridized carbons (Fsp3) is 0.571. The number of nitrogens with one attached hydrogen (secondary N) is 2. The van der Waals surface area contributed by atoms with Crippen molar-refractivity contribution in [1.82, 2.24) is 10.6 Å². The molecule has 0 fully saturated rings. The molecule has 4 amide bonds. The lowest BCUT2D eigenvalue weighted by Gasteiger charge is -2.21. The van der Waals surface area contributed by atoms with Crippen LogP contribution in [0.2, 0.25) is 0 Å². The molecule has 0 aliphatic carbocycles. The van der Waals surface area contributed by atoms with Crippen LogP contribution in [0, 0.1) is 0 Å². The van der Waals surface area contributed by atoms with Gasteiger partial charge in [0.1, 0.15) is 12.3 Å². The molecule has 0 aliphatic rings. The molecule has 0 aromatic heterocycles. The van der Waals surface area contributed by atoms with Crippen LogP contribution in [0.15, 0.2) is 0 Å². The zero-order valence-electron chi connectivity index (χ0n) is 14.0. The summed E-state index contributed by atoms with van der Waals surface area (Å²) >= 11 is 0. The molecule has 0 spiro atoms. The fourth-order valence-corrected chi connectivity index (χ4v) is 1.88. The predicted octanol–water partition coefficient (Wildman–Crippen LogP) is -3.51. The monoisotopic (exact) mass is 373 g/mol. The summed E-state index contributed by atoms with van der Waals surface area (Å²) in [6, 6.07) is -3.67. The van der Waals surface area contributed by atoms with Crippen LogP contribution in [0.5, 0.6) is 0 Å². The number of hydrogen-bond acceptors (Lipinski definition) is 7. The Bertz CT molecular complexity index is 566. The van der Waals surface area contributed by atoms with Crippen molar-refractivity contribution in [3.05, 3.63) is 0 Å². The highest BCUT2D eigenvalue weighted by Crippen LogP contribution is 2.02. The number of carboxylic acid groups (broad SMARTS) is 1. The first-order chi connectivity index (χ1) is 12.1. The van der Waals surface area contributed by atoms with E-state index in [0.717, 1.165) is 0 Å². The summed E-state index contributed by atoms with van der Waals surface area (Å²) in [5.41, 5.74) is 15.4. The first-order valence-corrected chi connectivity index (χ1v) is 7.66. The third-order valence-corrected chi connectivity index (χ3v) is 3.23. The molecule has 26 heavy (non-hydrogen) atoms. The Hall–Kier alpha value is -3.02. The van der Waals surface area contributed by atoms with Gasteiger partial charge >= 0.3 is 5.97 Å². The zero-order chi connectivity index (χ0) is 20.3. The van der Waals surface area contributed by atoms with E-state index in [1.165, 1.54) is 0 Å². The van der Waals surface area contributed by atoms with Crippen molar-refractivity contribution in [2.24, 2.45) is 17.2 Å². The van der Waals surface area contributed by atoms with Crippen LogP contribution < -0.4 is 27.8 Å². The van der Waals surface area contributed by atoms with E-state index in [1.807, 2.05) is 0 Å². The van der Waals surface area contributed by atoms with E-state index < -0.39 is 60.6 Å². The SMILES string of the molecule is NC(=O)CC[C@@H](C=O)NC(=O)[C@H](CCC(=O)O)NC(=O)[C@@H](N)CC(N)=O. The Labute approximate surface area is 148 Å². The Balaban J connectivity index is 4.97. The van der Waals surface area contributed by atoms with Crippen molar-refractivity contribution < 1.29 is 33.9 Å². The molecule has 0 radical (unpaired) electrons. The van der Waals surface area contributed by atoms with Crippen LogP contribution in [0.3, 0.4) is 0 Å². The second kappa shape index (κ2) is 11.5. The largest absolute Gasteiger partial charge is 0.481 e. The van der Waals surface area contributed by atoms with E-state index in [9.17, 15) is 28.8 Å². The maximum atomic E-state index is 12.2. The molecule has 0 bridgehead atoms. The number of carbonyl (C=O) groups is 6. The minimum Gasteiger partial charge on any atom is -0.481 e. The molecule has 0 saturated heterocycles. The zero-order valence-corrected chi connectivity index (χ0v) is 14.0. The number of primary amides is 2. The third-order valence-electron chi connectivity index (χ3n) is 3.23. The summed E-state index contributed by atoms with van der Waals surface area (Å²) < 4.78 is 0. The normalized spacial score (nSPS) is 13.7. The Kier molecular flexibility index (Phi) is 10.2. The second-order valence-corrected chi connectivity index (χ2v) is 5.53. The fourth-order valence-electron chi connectivity index (χ4n) is 1.88. The molecular weight excluding hydrogens is 350 g/mol. The summed E-state index contributed by atoms with van der Waals surface area (Å²) in [5, 5.41) is 13.2. The van der Waals surface area contributed by atoms with E-state index in [1.54, 1.807) is 0 Å². The van der Waals surface area contributed by atoms with Crippen molar-refractivity contribution in [3.63, 3.8) is 0 Å². The van der Waals surface area contributed by atoms with Gasteiger partial charge < -0.3 is 37.7 Å². The highest BCUT2D eigenvalue weighted by Gasteiger charge is 2.26. The minimum atomic E-state index is -1.32. The summed E-state index contributed by atoms with van der Waals surface area (Å²) in [6.07, 6.45) is -1.01. The standard InChI is InChI=1S/C14H23N5O7/c15-8(5-11(17)22)13(25)19-9(2-4-12(23)24)14(26)18-7(6-20)1-3-10(16)21/h6-9H,1-5,15H2,(H2,16,21)(H2,17,22)(H,18,26)(H,19,25)(H,23,24)/t7-,8-,9-/m0/s1. The van der Waals surface area contributed by atoms with Gasteiger partial charge in [-0.1, -0.05) is 0 Å². The van der Waals surface area contributed by atoms with E-state index in [4.69, 9.17) is 22.3 Å². The average Bonchev–Trinajstić information content (AvgIpc) is 2.53. The molecule has 0 rings (SSSR count). The van der Waals surface area contributed by atoms with Crippen LogP contribution in [-0.4, -0.2) is 59.1 Å². The van der Waals surface area contributed by atoms with Gasteiger partial charge in [-0.2, -0.15) is 0 Å². The van der Waals surface area contributed by atoms with Crippen LogP contribution in [-0.2, 0) is 28.8 Å². The lowest BCUT2D eigenvalue weighted by molar-refractivity contribution is -0.138. The van der Waals surface area contributed by atoms with E-state index in [-0.39, 0.29) is 19.3 Å². The molecule has 0 heterocycles. The molecule has 0 aliphatic heterocycles. The highest BCUT2D eigenvalue weighted by atomic mass is 16.4. The molecule has 0 unspecified atom stereocenters. The summed E-state index contributed by atoms with van der Waals surface area (Å²) in [7, 11) is 0. The molecule has 0 aromatic carbocycles. The van der Waals surface area contributed by atoms with Gasteiger partial charge in [0.15, 0.2) is 0 Å². The van der Waals surface area contributed by atoms with Crippen LogP contribution in [0.25, 0.3) is 0 Å². The number of aldehydes is 1. The summed E-state index contributed by atoms with van der Waals surface area (Å²) in [5.74, 6) is -4.42. The lowest BCUT2D eigenvalue weighted by atomic mass is 10.1. The number of rotatable bonds is 13. The van der Waals surface area contributed by atoms with Gasteiger partial charge in [0.25, 0.3) is 0 Å². The molecule has 9 N–H and O–H groups in total. The Morgan fingerprint density at radius 1 is 0.923 bits per heavy atom. The first-order valence-electron chi connectivity index (χ1n) is 7.66. The van der Waals surface area contributed by atoms with Gasteiger partial charge in [0.05, 0.1) is 18.5 Å².